The number of aromatic nitrogens is 2. The molecule has 0 radical (unpaired) electrons. The highest BCUT2D eigenvalue weighted by Crippen LogP contribution is 2.14. The molecule has 0 aliphatic rings. The molecule has 0 N–H and O–H groups in total. The van der Waals surface area contributed by atoms with Gasteiger partial charge in [0.15, 0.2) is 0 Å². The van der Waals surface area contributed by atoms with Gasteiger partial charge in [-0.1, -0.05) is 15.9 Å². The highest BCUT2D eigenvalue weighted by atomic mass is 79.9. The van der Waals surface area contributed by atoms with Crippen LogP contribution in [0, 0.1) is 0 Å². The third-order valence-electron chi connectivity index (χ3n) is 2.34. The molecular weight excluding hydrogens is 288 g/mol. The Morgan fingerprint density at radius 1 is 1.44 bits per heavy atom. The van der Waals surface area contributed by atoms with E-state index in [1.165, 1.54) is 0 Å². The predicted molar refractivity (Wildman–Crippen MR) is 72.2 cm³/mol. The molecule has 0 saturated carbocycles. The average molecular weight is 299 g/mol. The fourth-order valence-electron chi connectivity index (χ4n) is 1.53. The molecule has 1 aromatic heterocycles. The van der Waals surface area contributed by atoms with Gasteiger partial charge in [-0.25, -0.2) is 4.98 Å². The maximum absolute atomic E-state index is 12.1. The quantitative estimate of drug-likeness (QED) is 0.884. The number of rotatable bonds is 3. The van der Waals surface area contributed by atoms with Gasteiger partial charge in [0.1, 0.15) is 0 Å². The molecule has 0 amide bonds. The van der Waals surface area contributed by atoms with Crippen molar-refractivity contribution < 1.29 is 0 Å². The number of thiol groups is 1. The largest absolute Gasteiger partial charge is 0.299 e. The van der Waals surface area contributed by atoms with Gasteiger partial charge in [-0.15, -0.1) is 0 Å². The van der Waals surface area contributed by atoms with Crippen LogP contribution in [0.4, 0.5) is 0 Å². The van der Waals surface area contributed by atoms with Crippen molar-refractivity contribution in [1.82, 2.24) is 9.55 Å². The molecule has 5 heteroatoms. The Balaban J connectivity index is 2.55. The van der Waals surface area contributed by atoms with Crippen LogP contribution < -0.4 is 5.56 Å². The van der Waals surface area contributed by atoms with Crippen LogP contribution in [0.2, 0.25) is 0 Å². The highest BCUT2D eigenvalue weighted by molar-refractivity contribution is 9.10. The minimum Gasteiger partial charge on any atom is -0.299 e. The van der Waals surface area contributed by atoms with Crippen molar-refractivity contribution in [2.75, 3.05) is 5.75 Å². The van der Waals surface area contributed by atoms with Crippen LogP contribution in [0.15, 0.2) is 33.8 Å². The summed E-state index contributed by atoms with van der Waals surface area (Å²) in [5.41, 5.74) is 0.739. The number of halogens is 1. The van der Waals surface area contributed by atoms with E-state index < -0.39 is 0 Å². The van der Waals surface area contributed by atoms with E-state index in [9.17, 15) is 4.79 Å². The first-order valence-corrected chi connectivity index (χ1v) is 6.40. The number of nitrogens with zero attached hydrogens (tertiary/aromatic N) is 2. The Kier molecular flexibility index (Phi) is 3.66. The van der Waals surface area contributed by atoms with Crippen LogP contribution in [0.1, 0.15) is 6.42 Å². The maximum atomic E-state index is 12.1. The summed E-state index contributed by atoms with van der Waals surface area (Å²) in [6.45, 7) is 0.664. The third kappa shape index (κ3) is 2.30. The monoisotopic (exact) mass is 298 g/mol. The molecule has 0 unspecified atom stereocenters. The molecule has 0 spiro atoms. The van der Waals surface area contributed by atoms with Gasteiger partial charge >= 0.3 is 0 Å². The van der Waals surface area contributed by atoms with Gasteiger partial charge < -0.3 is 0 Å². The average Bonchev–Trinajstić information content (AvgIpc) is 2.29. The first-order chi connectivity index (χ1) is 7.72. The van der Waals surface area contributed by atoms with E-state index in [0.29, 0.717) is 11.9 Å². The van der Waals surface area contributed by atoms with E-state index >= 15 is 0 Å². The Bertz CT molecular complexity index is 567. The first kappa shape index (κ1) is 11.7. The summed E-state index contributed by atoms with van der Waals surface area (Å²) in [5.74, 6) is 0.767. The van der Waals surface area contributed by atoms with Crippen molar-refractivity contribution in [2.45, 2.75) is 13.0 Å². The topological polar surface area (TPSA) is 34.9 Å². The summed E-state index contributed by atoms with van der Waals surface area (Å²) in [6.07, 6.45) is 2.46. The summed E-state index contributed by atoms with van der Waals surface area (Å²) >= 11 is 7.49. The SMILES string of the molecule is O=c1c2cc(Br)ccc2ncn1CCCS. The van der Waals surface area contributed by atoms with Crippen molar-refractivity contribution >= 4 is 39.5 Å². The standard InChI is InChI=1S/C11H11BrN2OS/c12-8-2-3-10-9(6-8)11(15)14(7-13-10)4-1-5-16/h2-3,6-7,16H,1,4-5H2. The summed E-state index contributed by atoms with van der Waals surface area (Å²) in [5, 5.41) is 0.649. The highest BCUT2D eigenvalue weighted by Gasteiger charge is 2.03. The normalized spacial score (nSPS) is 10.9. The number of aryl methyl sites for hydroxylation is 1. The van der Waals surface area contributed by atoms with E-state index in [2.05, 4.69) is 33.5 Å². The van der Waals surface area contributed by atoms with Gasteiger partial charge in [0.25, 0.3) is 5.56 Å². The van der Waals surface area contributed by atoms with E-state index in [-0.39, 0.29) is 5.56 Å². The van der Waals surface area contributed by atoms with Crippen LogP contribution in [-0.2, 0) is 6.54 Å². The maximum Gasteiger partial charge on any atom is 0.261 e. The van der Waals surface area contributed by atoms with Crippen LogP contribution in [0.25, 0.3) is 10.9 Å². The van der Waals surface area contributed by atoms with Crippen LogP contribution in [-0.4, -0.2) is 15.3 Å². The van der Waals surface area contributed by atoms with E-state index in [0.717, 1.165) is 22.2 Å². The van der Waals surface area contributed by atoms with Gasteiger partial charge in [0.05, 0.1) is 17.2 Å². The zero-order chi connectivity index (χ0) is 11.5. The van der Waals surface area contributed by atoms with Crippen LogP contribution >= 0.6 is 28.6 Å². The molecule has 1 aromatic carbocycles. The Morgan fingerprint density at radius 3 is 3.00 bits per heavy atom. The molecule has 0 saturated heterocycles. The Morgan fingerprint density at radius 2 is 2.25 bits per heavy atom. The molecule has 16 heavy (non-hydrogen) atoms. The third-order valence-corrected chi connectivity index (χ3v) is 3.15. The predicted octanol–water partition coefficient (Wildman–Crippen LogP) is 2.48. The number of hydrogen-bond donors (Lipinski definition) is 1. The van der Waals surface area contributed by atoms with Gasteiger partial charge in [-0.2, -0.15) is 12.6 Å². The molecule has 3 nitrogen and oxygen atoms in total. The molecule has 1 heterocycles. The molecule has 84 valence electrons. The zero-order valence-corrected chi connectivity index (χ0v) is 11.0. The number of benzene rings is 1. The fraction of sp³-hybridized carbons (Fsp3) is 0.273. The van der Waals surface area contributed by atoms with Crippen molar-refractivity contribution in [3.05, 3.63) is 39.4 Å². The smallest absolute Gasteiger partial charge is 0.261 e. The molecule has 0 aliphatic heterocycles. The zero-order valence-electron chi connectivity index (χ0n) is 8.56. The summed E-state index contributed by atoms with van der Waals surface area (Å²) in [7, 11) is 0. The number of fused-ring (bicyclic) bond motifs is 1. The van der Waals surface area contributed by atoms with Gasteiger partial charge in [-0.3, -0.25) is 9.36 Å². The fourth-order valence-corrected chi connectivity index (χ4v) is 2.03. The first-order valence-electron chi connectivity index (χ1n) is 4.98. The lowest BCUT2D eigenvalue weighted by Gasteiger charge is -2.05. The molecule has 0 bridgehead atoms. The van der Waals surface area contributed by atoms with E-state index in [1.54, 1.807) is 10.9 Å². The molecular formula is C11H11BrN2OS. The van der Waals surface area contributed by atoms with Gasteiger partial charge in [-0.05, 0) is 30.4 Å². The molecule has 2 rings (SSSR count). The minimum absolute atomic E-state index is 0.00748. The summed E-state index contributed by atoms with van der Waals surface area (Å²) < 4.78 is 2.52. The van der Waals surface area contributed by atoms with Gasteiger partial charge in [0.2, 0.25) is 0 Å². The molecule has 0 aliphatic carbocycles. The van der Waals surface area contributed by atoms with Crippen LogP contribution in [0.3, 0.4) is 0 Å². The lowest BCUT2D eigenvalue weighted by Crippen LogP contribution is -2.20. The molecule has 2 aromatic rings. The Labute approximate surface area is 107 Å². The van der Waals surface area contributed by atoms with Crippen molar-refractivity contribution in [3.63, 3.8) is 0 Å². The van der Waals surface area contributed by atoms with E-state index in [1.807, 2.05) is 18.2 Å². The van der Waals surface area contributed by atoms with Crippen molar-refractivity contribution in [1.29, 1.82) is 0 Å². The second-order valence-electron chi connectivity index (χ2n) is 3.48. The molecule has 0 fully saturated rings. The Hall–Kier alpha value is -0.810. The lowest BCUT2D eigenvalue weighted by atomic mass is 10.2. The van der Waals surface area contributed by atoms with Gasteiger partial charge in [0, 0.05) is 11.0 Å². The summed E-state index contributed by atoms with van der Waals surface area (Å²) in [6, 6.07) is 5.53. The molecule has 0 atom stereocenters. The van der Waals surface area contributed by atoms with Crippen molar-refractivity contribution in [3.8, 4) is 0 Å². The van der Waals surface area contributed by atoms with Crippen molar-refractivity contribution in [2.24, 2.45) is 0 Å². The second kappa shape index (κ2) is 5.01. The second-order valence-corrected chi connectivity index (χ2v) is 4.84. The minimum atomic E-state index is 0.00748. The van der Waals surface area contributed by atoms with E-state index in [4.69, 9.17) is 0 Å². The van der Waals surface area contributed by atoms with Crippen LogP contribution in [0.5, 0.6) is 0 Å². The number of hydrogen-bond acceptors (Lipinski definition) is 3. The summed E-state index contributed by atoms with van der Waals surface area (Å²) in [4.78, 5) is 16.3. The lowest BCUT2D eigenvalue weighted by molar-refractivity contribution is 0.653.